The Bertz CT molecular complexity index is 518. The van der Waals surface area contributed by atoms with Crippen molar-refractivity contribution in [3.05, 3.63) is 14.7 Å². The maximum Gasteiger partial charge on any atom is 0.245 e. The molecule has 0 spiro atoms. The largest absolute Gasteiger partial charge is 0.329 e. The molecule has 0 saturated carbocycles. The Morgan fingerprint density at radius 1 is 1.50 bits per heavy atom. The van der Waals surface area contributed by atoms with Crippen molar-refractivity contribution in [1.29, 1.82) is 0 Å². The second-order valence-corrected chi connectivity index (χ2v) is 7.98. The number of sulfonamides is 1. The second kappa shape index (κ2) is 6.26. The zero-order chi connectivity index (χ0) is 12.6. The van der Waals surface area contributed by atoms with Gasteiger partial charge in [0.2, 0.25) is 10.0 Å². The van der Waals surface area contributed by atoms with E-state index in [-0.39, 0.29) is 27.7 Å². The molecule has 2 N–H and O–H groups in total. The Labute approximate surface area is 127 Å². The van der Waals surface area contributed by atoms with Gasteiger partial charge in [0.25, 0.3) is 0 Å². The molecule has 0 aromatic carbocycles. The highest BCUT2D eigenvalue weighted by Gasteiger charge is 2.36. The molecule has 1 aromatic heterocycles. The highest BCUT2D eigenvalue weighted by molar-refractivity contribution is 7.89. The third kappa shape index (κ3) is 2.95. The van der Waals surface area contributed by atoms with Gasteiger partial charge < -0.3 is 5.73 Å². The van der Waals surface area contributed by atoms with Gasteiger partial charge in [-0.3, -0.25) is 0 Å². The molecule has 0 radical (unpaired) electrons. The van der Waals surface area contributed by atoms with Crippen molar-refractivity contribution < 1.29 is 8.42 Å². The molecule has 0 aliphatic carbocycles. The average molecular weight is 352 g/mol. The first-order valence-corrected chi connectivity index (χ1v) is 8.15. The van der Waals surface area contributed by atoms with E-state index in [2.05, 4.69) is 0 Å². The average Bonchev–Trinajstić information content (AvgIpc) is 2.84. The van der Waals surface area contributed by atoms with Crippen LogP contribution in [0.4, 0.5) is 0 Å². The maximum absolute atomic E-state index is 12.4. The first-order valence-electron chi connectivity index (χ1n) is 5.13. The molecular formula is C9H13Cl3N2O2S2. The summed E-state index contributed by atoms with van der Waals surface area (Å²) in [6.07, 6.45) is 1.63. The summed E-state index contributed by atoms with van der Waals surface area (Å²) >= 11 is 12.7. The number of rotatable bonds is 3. The molecule has 1 unspecified atom stereocenters. The molecule has 1 atom stereocenters. The fraction of sp³-hybridized carbons (Fsp3) is 0.556. The standard InChI is InChI=1S/C9H12Cl2N2O2S2.ClH/c10-8-4-7(9(11)16-8)17(14,15)13-3-1-2-6(13)5-12;/h4,6H,1-3,5,12H2;1H. The summed E-state index contributed by atoms with van der Waals surface area (Å²) in [4.78, 5) is 0.0921. The summed E-state index contributed by atoms with van der Waals surface area (Å²) in [7, 11) is -3.56. The summed E-state index contributed by atoms with van der Waals surface area (Å²) in [6.45, 7) is 0.822. The lowest BCUT2D eigenvalue weighted by atomic mass is 10.2. The van der Waals surface area contributed by atoms with E-state index in [4.69, 9.17) is 28.9 Å². The zero-order valence-electron chi connectivity index (χ0n) is 9.30. The zero-order valence-corrected chi connectivity index (χ0v) is 13.3. The van der Waals surface area contributed by atoms with Crippen molar-refractivity contribution in [2.75, 3.05) is 13.1 Å². The monoisotopic (exact) mass is 350 g/mol. The van der Waals surface area contributed by atoms with E-state index >= 15 is 0 Å². The molecule has 4 nitrogen and oxygen atoms in total. The van der Waals surface area contributed by atoms with Gasteiger partial charge in [0, 0.05) is 19.1 Å². The minimum Gasteiger partial charge on any atom is -0.329 e. The summed E-state index contributed by atoms with van der Waals surface area (Å²) < 4.78 is 26.8. The molecule has 104 valence electrons. The van der Waals surface area contributed by atoms with E-state index in [1.165, 1.54) is 10.4 Å². The van der Waals surface area contributed by atoms with E-state index < -0.39 is 10.0 Å². The van der Waals surface area contributed by atoms with E-state index in [9.17, 15) is 8.42 Å². The van der Waals surface area contributed by atoms with Gasteiger partial charge in [-0.15, -0.1) is 23.7 Å². The third-order valence-corrected chi connectivity index (χ3v) is 6.51. The van der Waals surface area contributed by atoms with Gasteiger partial charge in [-0.2, -0.15) is 4.31 Å². The molecule has 1 fully saturated rings. The van der Waals surface area contributed by atoms with Gasteiger partial charge in [0.1, 0.15) is 9.23 Å². The second-order valence-electron chi connectivity index (χ2n) is 3.84. The lowest BCUT2D eigenvalue weighted by Crippen LogP contribution is -2.39. The molecule has 1 saturated heterocycles. The molecule has 1 aliphatic rings. The number of hydrogen-bond acceptors (Lipinski definition) is 4. The summed E-state index contributed by atoms with van der Waals surface area (Å²) in [5.74, 6) is 0. The van der Waals surface area contributed by atoms with Gasteiger partial charge in [-0.1, -0.05) is 23.2 Å². The number of nitrogens with two attached hydrogens (primary N) is 1. The predicted octanol–water partition coefficient (Wildman–Crippen LogP) is 2.59. The Balaban J connectivity index is 0.00000162. The molecule has 0 bridgehead atoms. The minimum absolute atomic E-state index is 0. The van der Waals surface area contributed by atoms with Crippen molar-refractivity contribution in [2.24, 2.45) is 5.73 Å². The van der Waals surface area contributed by atoms with Crippen LogP contribution in [0.2, 0.25) is 8.67 Å². The Morgan fingerprint density at radius 2 is 2.17 bits per heavy atom. The minimum atomic E-state index is -3.56. The van der Waals surface area contributed by atoms with Crippen LogP contribution in [0.25, 0.3) is 0 Å². The SMILES string of the molecule is Cl.NCC1CCCN1S(=O)(=O)c1cc(Cl)sc1Cl. The van der Waals surface area contributed by atoms with E-state index in [1.54, 1.807) is 0 Å². The van der Waals surface area contributed by atoms with Crippen LogP contribution < -0.4 is 5.73 Å². The van der Waals surface area contributed by atoms with Crippen molar-refractivity contribution in [3.8, 4) is 0 Å². The van der Waals surface area contributed by atoms with Gasteiger partial charge in [-0.05, 0) is 18.9 Å². The number of hydrogen-bond donors (Lipinski definition) is 1. The summed E-state index contributed by atoms with van der Waals surface area (Å²) in [5.41, 5.74) is 5.58. The number of nitrogens with zero attached hydrogens (tertiary/aromatic N) is 1. The summed E-state index contributed by atoms with van der Waals surface area (Å²) in [6, 6.07) is 1.27. The van der Waals surface area contributed by atoms with E-state index in [0.717, 1.165) is 24.2 Å². The van der Waals surface area contributed by atoms with Crippen LogP contribution in [0, 0.1) is 0 Å². The number of halogens is 3. The van der Waals surface area contributed by atoms with Crippen molar-refractivity contribution in [3.63, 3.8) is 0 Å². The van der Waals surface area contributed by atoms with Crippen LogP contribution in [0.3, 0.4) is 0 Å². The van der Waals surface area contributed by atoms with Gasteiger partial charge in [-0.25, -0.2) is 8.42 Å². The van der Waals surface area contributed by atoms with E-state index in [0.29, 0.717) is 17.4 Å². The van der Waals surface area contributed by atoms with Gasteiger partial charge in [0.15, 0.2) is 0 Å². The first-order chi connectivity index (χ1) is 7.96. The Hall–Kier alpha value is 0.440. The first kappa shape index (κ1) is 16.5. The fourth-order valence-electron chi connectivity index (χ4n) is 1.99. The predicted molar refractivity (Wildman–Crippen MR) is 77.6 cm³/mol. The molecule has 9 heteroatoms. The van der Waals surface area contributed by atoms with Gasteiger partial charge in [0.05, 0.1) is 4.34 Å². The highest BCUT2D eigenvalue weighted by Crippen LogP contribution is 2.37. The maximum atomic E-state index is 12.4. The van der Waals surface area contributed by atoms with Crippen LogP contribution >= 0.6 is 46.9 Å². The van der Waals surface area contributed by atoms with Crippen LogP contribution in [0.1, 0.15) is 12.8 Å². The van der Waals surface area contributed by atoms with Crippen LogP contribution in [-0.4, -0.2) is 31.9 Å². The van der Waals surface area contributed by atoms with E-state index in [1.807, 2.05) is 0 Å². The number of thiophene rings is 1. The molecule has 1 aliphatic heterocycles. The lowest BCUT2D eigenvalue weighted by molar-refractivity contribution is 0.393. The summed E-state index contributed by atoms with van der Waals surface area (Å²) in [5, 5.41) is 0. The van der Waals surface area contributed by atoms with Crippen LogP contribution in [-0.2, 0) is 10.0 Å². The van der Waals surface area contributed by atoms with Crippen molar-refractivity contribution in [1.82, 2.24) is 4.31 Å². The molecular weight excluding hydrogens is 339 g/mol. The van der Waals surface area contributed by atoms with Crippen molar-refractivity contribution >= 4 is 57.0 Å². The normalized spacial score (nSPS) is 20.9. The Kier molecular flexibility index (Phi) is 5.74. The molecule has 0 amide bonds. The molecule has 1 aromatic rings. The lowest BCUT2D eigenvalue weighted by Gasteiger charge is -2.22. The highest BCUT2D eigenvalue weighted by atomic mass is 35.5. The topological polar surface area (TPSA) is 63.4 Å². The smallest absolute Gasteiger partial charge is 0.245 e. The molecule has 18 heavy (non-hydrogen) atoms. The Morgan fingerprint density at radius 3 is 2.67 bits per heavy atom. The van der Waals surface area contributed by atoms with Crippen molar-refractivity contribution in [2.45, 2.75) is 23.8 Å². The van der Waals surface area contributed by atoms with Gasteiger partial charge >= 0.3 is 0 Å². The molecule has 2 rings (SSSR count). The van der Waals surface area contributed by atoms with Crippen LogP contribution in [0.5, 0.6) is 0 Å². The fourth-order valence-corrected chi connectivity index (χ4v) is 5.81. The van der Waals surface area contributed by atoms with Crippen LogP contribution in [0.15, 0.2) is 11.0 Å². The third-order valence-electron chi connectivity index (χ3n) is 2.81. The quantitative estimate of drug-likeness (QED) is 0.910. The molecule has 2 heterocycles.